The third-order valence-corrected chi connectivity index (χ3v) is 2.51. The average molecular weight is 274 g/mol. The molecule has 0 radical (unpaired) electrons. The van der Waals surface area contributed by atoms with Gasteiger partial charge in [-0.2, -0.15) is 5.26 Å². The number of nitrogens with one attached hydrogen (secondary N) is 1. The molecule has 1 aromatic heterocycles. The van der Waals surface area contributed by atoms with Gasteiger partial charge in [0.15, 0.2) is 11.6 Å². The number of nitrogens with two attached hydrogens (primary N) is 1. The van der Waals surface area contributed by atoms with Gasteiger partial charge in [-0.1, -0.05) is 0 Å². The fourth-order valence-corrected chi connectivity index (χ4v) is 1.52. The lowest BCUT2D eigenvalue weighted by Crippen LogP contribution is -2.15. The van der Waals surface area contributed by atoms with Crippen LogP contribution in [0.4, 0.5) is 20.3 Å². The van der Waals surface area contributed by atoms with Crippen LogP contribution >= 0.6 is 0 Å². The maximum atomic E-state index is 13.6. The highest BCUT2D eigenvalue weighted by molar-refractivity contribution is 6.04. The Bertz CT molecular complexity index is 725. The molecule has 0 atom stereocenters. The quantitative estimate of drug-likeness (QED) is 0.876. The van der Waals surface area contributed by atoms with E-state index in [1.54, 1.807) is 6.07 Å². The molecule has 0 saturated carbocycles. The first-order valence-electron chi connectivity index (χ1n) is 5.44. The van der Waals surface area contributed by atoms with E-state index in [1.165, 1.54) is 12.3 Å². The molecule has 20 heavy (non-hydrogen) atoms. The smallest absolute Gasteiger partial charge is 0.258 e. The van der Waals surface area contributed by atoms with Crippen molar-refractivity contribution in [3.05, 3.63) is 53.2 Å². The zero-order chi connectivity index (χ0) is 14.7. The highest BCUT2D eigenvalue weighted by atomic mass is 19.1. The van der Waals surface area contributed by atoms with Gasteiger partial charge in [0.2, 0.25) is 0 Å². The predicted octanol–water partition coefficient (Wildman–Crippen LogP) is 2.07. The van der Waals surface area contributed by atoms with Gasteiger partial charge in [-0.05, 0) is 24.3 Å². The lowest BCUT2D eigenvalue weighted by Gasteiger charge is -2.07. The summed E-state index contributed by atoms with van der Waals surface area (Å²) in [5.41, 5.74) is 4.91. The Morgan fingerprint density at radius 1 is 1.35 bits per heavy atom. The Morgan fingerprint density at radius 2 is 2.10 bits per heavy atom. The van der Waals surface area contributed by atoms with Crippen LogP contribution < -0.4 is 11.1 Å². The number of pyridine rings is 1. The number of nitrogen functional groups attached to an aromatic ring is 1. The van der Waals surface area contributed by atoms with Crippen LogP contribution in [-0.4, -0.2) is 10.9 Å². The molecular weight excluding hydrogens is 266 g/mol. The van der Waals surface area contributed by atoms with E-state index in [9.17, 15) is 13.6 Å². The van der Waals surface area contributed by atoms with Crippen LogP contribution in [0.1, 0.15) is 15.9 Å². The van der Waals surface area contributed by atoms with E-state index in [0.29, 0.717) is 0 Å². The van der Waals surface area contributed by atoms with Gasteiger partial charge in [0, 0.05) is 11.9 Å². The maximum Gasteiger partial charge on any atom is 0.258 e. The standard InChI is InChI=1S/C13H8F2N4O/c14-10-2-1-8(5-7(10)6-16)19-13(20)9-3-4-18-12(17)11(9)15/h1-5H,(H2,17,18)(H,19,20). The zero-order valence-electron chi connectivity index (χ0n) is 10.0. The van der Waals surface area contributed by atoms with Crippen LogP contribution in [0.5, 0.6) is 0 Å². The molecule has 0 spiro atoms. The van der Waals surface area contributed by atoms with E-state index in [-0.39, 0.29) is 16.8 Å². The third-order valence-electron chi connectivity index (χ3n) is 2.51. The number of hydrogen-bond donors (Lipinski definition) is 2. The molecule has 0 saturated heterocycles. The van der Waals surface area contributed by atoms with Crippen molar-refractivity contribution in [1.29, 1.82) is 5.26 Å². The number of nitriles is 1. The molecule has 1 amide bonds. The summed E-state index contributed by atoms with van der Waals surface area (Å²) >= 11 is 0. The Labute approximate surface area is 112 Å². The second-order valence-corrected chi connectivity index (χ2v) is 3.82. The Balaban J connectivity index is 2.29. The second kappa shape index (κ2) is 5.32. The van der Waals surface area contributed by atoms with E-state index in [0.717, 1.165) is 18.2 Å². The largest absolute Gasteiger partial charge is 0.381 e. The molecule has 0 aliphatic heterocycles. The maximum absolute atomic E-state index is 13.6. The fraction of sp³-hybridized carbons (Fsp3) is 0. The highest BCUT2D eigenvalue weighted by Gasteiger charge is 2.15. The first kappa shape index (κ1) is 13.4. The van der Waals surface area contributed by atoms with Gasteiger partial charge in [0.1, 0.15) is 11.9 Å². The van der Waals surface area contributed by atoms with Gasteiger partial charge in [0.25, 0.3) is 5.91 Å². The van der Waals surface area contributed by atoms with Gasteiger partial charge in [-0.25, -0.2) is 13.8 Å². The second-order valence-electron chi connectivity index (χ2n) is 3.82. The molecule has 1 heterocycles. The molecule has 0 bridgehead atoms. The number of anilines is 2. The third kappa shape index (κ3) is 2.54. The Hall–Kier alpha value is -3.01. The van der Waals surface area contributed by atoms with Crippen LogP contribution in [0.3, 0.4) is 0 Å². The normalized spacial score (nSPS) is 9.85. The molecule has 1 aromatic carbocycles. The summed E-state index contributed by atoms with van der Waals surface area (Å²) in [4.78, 5) is 15.4. The van der Waals surface area contributed by atoms with E-state index in [1.807, 2.05) is 0 Å². The zero-order valence-corrected chi connectivity index (χ0v) is 10.0. The number of nitrogens with zero attached hydrogens (tertiary/aromatic N) is 2. The topological polar surface area (TPSA) is 91.8 Å². The molecule has 2 rings (SSSR count). The van der Waals surface area contributed by atoms with Crippen LogP contribution in [0.2, 0.25) is 0 Å². The van der Waals surface area contributed by atoms with Gasteiger partial charge in [-0.15, -0.1) is 0 Å². The van der Waals surface area contributed by atoms with Crippen molar-refractivity contribution in [2.75, 3.05) is 11.1 Å². The summed E-state index contributed by atoms with van der Waals surface area (Å²) in [6.07, 6.45) is 1.19. The minimum Gasteiger partial charge on any atom is -0.381 e. The summed E-state index contributed by atoms with van der Waals surface area (Å²) in [6, 6.07) is 6.24. The molecule has 7 heteroatoms. The average Bonchev–Trinajstić information content (AvgIpc) is 2.43. The van der Waals surface area contributed by atoms with Gasteiger partial charge < -0.3 is 11.1 Å². The number of halogens is 2. The molecule has 0 aliphatic carbocycles. The van der Waals surface area contributed by atoms with E-state index >= 15 is 0 Å². The Kier molecular flexibility index (Phi) is 3.57. The van der Waals surface area contributed by atoms with E-state index in [2.05, 4.69) is 10.3 Å². The summed E-state index contributed by atoms with van der Waals surface area (Å²) in [6.45, 7) is 0. The number of carbonyl (C=O) groups excluding carboxylic acids is 1. The lowest BCUT2D eigenvalue weighted by atomic mass is 10.2. The molecule has 3 N–H and O–H groups in total. The summed E-state index contributed by atoms with van der Waals surface area (Å²) in [7, 11) is 0. The van der Waals surface area contributed by atoms with Crippen molar-refractivity contribution in [3.63, 3.8) is 0 Å². The van der Waals surface area contributed by atoms with Crippen molar-refractivity contribution in [3.8, 4) is 6.07 Å². The number of aromatic nitrogens is 1. The van der Waals surface area contributed by atoms with Crippen molar-refractivity contribution in [2.24, 2.45) is 0 Å². The molecule has 0 unspecified atom stereocenters. The van der Waals surface area contributed by atoms with E-state index in [4.69, 9.17) is 11.0 Å². The molecule has 0 fully saturated rings. The number of rotatable bonds is 2. The van der Waals surface area contributed by atoms with Crippen molar-refractivity contribution in [2.45, 2.75) is 0 Å². The van der Waals surface area contributed by atoms with Gasteiger partial charge in [0.05, 0.1) is 11.1 Å². The van der Waals surface area contributed by atoms with Crippen LogP contribution in [0, 0.1) is 23.0 Å². The van der Waals surface area contributed by atoms with Crippen LogP contribution in [0.15, 0.2) is 30.5 Å². The summed E-state index contributed by atoms with van der Waals surface area (Å²) < 4.78 is 26.7. The van der Waals surface area contributed by atoms with E-state index < -0.39 is 23.4 Å². The first-order chi connectivity index (χ1) is 9.52. The first-order valence-corrected chi connectivity index (χ1v) is 5.44. The monoisotopic (exact) mass is 274 g/mol. The van der Waals surface area contributed by atoms with Crippen molar-refractivity contribution < 1.29 is 13.6 Å². The van der Waals surface area contributed by atoms with Crippen LogP contribution in [0.25, 0.3) is 0 Å². The molecule has 0 aliphatic rings. The highest BCUT2D eigenvalue weighted by Crippen LogP contribution is 2.17. The molecule has 2 aromatic rings. The lowest BCUT2D eigenvalue weighted by molar-refractivity contribution is 0.102. The Morgan fingerprint density at radius 3 is 2.80 bits per heavy atom. The number of hydrogen-bond acceptors (Lipinski definition) is 4. The minimum atomic E-state index is -0.937. The predicted molar refractivity (Wildman–Crippen MR) is 67.7 cm³/mol. The number of carbonyl (C=O) groups is 1. The number of amides is 1. The van der Waals surface area contributed by atoms with Crippen molar-refractivity contribution in [1.82, 2.24) is 4.98 Å². The van der Waals surface area contributed by atoms with Crippen molar-refractivity contribution >= 4 is 17.4 Å². The van der Waals surface area contributed by atoms with Gasteiger partial charge >= 0.3 is 0 Å². The summed E-state index contributed by atoms with van der Waals surface area (Å²) in [5, 5.41) is 11.0. The minimum absolute atomic E-state index is 0.169. The number of benzene rings is 1. The van der Waals surface area contributed by atoms with Gasteiger partial charge in [-0.3, -0.25) is 4.79 Å². The molecular formula is C13H8F2N4O. The SMILES string of the molecule is N#Cc1cc(NC(=O)c2ccnc(N)c2F)ccc1F. The molecule has 100 valence electrons. The van der Waals surface area contributed by atoms with Crippen LogP contribution in [-0.2, 0) is 0 Å². The summed E-state index contributed by atoms with van der Waals surface area (Å²) in [5.74, 6) is -2.81. The molecule has 5 nitrogen and oxygen atoms in total. The fourth-order valence-electron chi connectivity index (χ4n) is 1.52.